The van der Waals surface area contributed by atoms with Crippen LogP contribution in [-0.4, -0.2) is 454 Å². The van der Waals surface area contributed by atoms with Crippen molar-refractivity contribution in [3.63, 3.8) is 0 Å². The Morgan fingerprint density at radius 3 is 1.10 bits per heavy atom. The molecule has 0 fully saturated rings. The van der Waals surface area contributed by atoms with E-state index < -0.39 is 207 Å². The first-order chi connectivity index (χ1) is 43.1. The number of hydrogen-bond acceptors (Lipinski definition) is 3. The van der Waals surface area contributed by atoms with Crippen molar-refractivity contribution in [3.05, 3.63) is 89.0 Å². The second-order valence-electron chi connectivity index (χ2n) is 25.0. The summed E-state index contributed by atoms with van der Waals surface area (Å²) < 4.78 is 62.3. The highest BCUT2D eigenvalue weighted by atomic mass is 32.2. The van der Waals surface area contributed by atoms with Crippen molar-refractivity contribution in [2.24, 2.45) is 0 Å². The van der Waals surface area contributed by atoms with Gasteiger partial charge in [-0.1, -0.05) is 29.8 Å². The van der Waals surface area contributed by atoms with Gasteiger partial charge in [0.2, 0.25) is 0 Å². The van der Waals surface area contributed by atoms with Gasteiger partial charge in [0.1, 0.15) is 17.4 Å². The topological polar surface area (TPSA) is 46.6 Å². The summed E-state index contributed by atoms with van der Waals surface area (Å²) in [5.74, 6) is -0.453. The molecule has 4 rings (SSSR count). The highest BCUT2D eigenvalue weighted by Gasteiger charge is 2.63. The van der Waals surface area contributed by atoms with Crippen LogP contribution in [0.2, 0.25) is 0 Å². The van der Waals surface area contributed by atoms with E-state index in [9.17, 15) is 17.2 Å². The Morgan fingerprint density at radius 2 is 0.785 bits per heavy atom. The maximum Gasteiger partial charge on any atom is 0.264 e. The van der Waals surface area contributed by atoms with Crippen LogP contribution in [-0.2, 0) is 22.9 Å². The number of methoxy groups -OCH3 is 1. The van der Waals surface area contributed by atoms with Gasteiger partial charge in [0, 0.05) is 444 Å². The molecule has 63 radical (unpaired) electrons. The van der Waals surface area contributed by atoms with Crippen molar-refractivity contribution in [2.75, 3.05) is 11.4 Å². The molecule has 1 unspecified atom stereocenters. The lowest BCUT2D eigenvalue weighted by atomic mass is 8.22. The Morgan fingerprint density at radius 1 is 0.452 bits per heavy atom. The minimum absolute atomic E-state index is 0.154. The number of ether oxygens (including phenoxy) is 1. The summed E-state index contributed by atoms with van der Waals surface area (Å²) >= 11 is 0. The highest BCUT2D eigenvalue weighted by Crippen LogP contribution is 2.38. The van der Waals surface area contributed by atoms with Crippen LogP contribution in [0.3, 0.4) is 0 Å². The molecule has 0 aromatic heterocycles. The summed E-state index contributed by atoms with van der Waals surface area (Å²) in [5, 5.41) is 0. The van der Waals surface area contributed by atoms with E-state index in [1.807, 2.05) is 6.92 Å². The van der Waals surface area contributed by atoms with E-state index in [4.69, 9.17) is 245 Å². The van der Waals surface area contributed by atoms with Crippen LogP contribution in [0.4, 0.5) is 14.5 Å². The van der Waals surface area contributed by atoms with Crippen molar-refractivity contribution < 1.29 is 21.9 Å². The minimum Gasteiger partial charge on any atom is -0.497 e. The molecule has 68 heteroatoms. The number of fused-ring (bicyclic) bond motifs is 1. The first-order valence-electron chi connectivity index (χ1n) is 30.5. The lowest BCUT2D eigenvalue weighted by Gasteiger charge is -2.59. The number of halogens is 2. The van der Waals surface area contributed by atoms with Gasteiger partial charge in [-0.3, -0.25) is 4.31 Å². The molecule has 4 nitrogen and oxygen atoms in total. The Hall–Kier alpha value is 1.03. The smallest absolute Gasteiger partial charge is 0.264 e. The number of benzene rings is 3. The molecule has 0 amide bonds. The van der Waals surface area contributed by atoms with Crippen molar-refractivity contribution in [2.45, 2.75) is 43.5 Å². The standard InChI is InChI=1S/C25H25F2NO3S.B61/c1-17-3-13-23(14-4-17)32(29,30)28-21(11-7-19-5-9-20(26)15-25(19)28)10-6-18-8-12-22(31-2)16-24(18)27;1-32-48(33(2)3)56(49(34(4)5)35(6)7)60(57(50(36(8)9)37(10)11)51(38(12)13)39(14)15)61(58(52(40(16)17)41(18)19)53(42(20)21)43(22)23)59(54(44(24)25)45(26)27)55(46(28)29)47(30)31/h3-5,8-9,12-16,21H,6-7,10-11H2,1-2H3;. The molecule has 1 aliphatic heterocycles. The van der Waals surface area contributed by atoms with E-state index in [0.29, 0.717) is 42.7 Å². The van der Waals surface area contributed by atoms with Crippen LogP contribution in [0.15, 0.2) is 65.6 Å². The Bertz CT molecular complexity index is 2630. The molecule has 0 aliphatic carbocycles. The predicted octanol–water partition coefficient (Wildman–Crippen LogP) is -17.8. The fourth-order valence-corrected chi connectivity index (χ4v) is 16.4. The van der Waals surface area contributed by atoms with E-state index >= 15 is 0 Å². The predicted molar refractivity (Wildman–Crippen MR) is 472 cm³/mol. The van der Waals surface area contributed by atoms with Gasteiger partial charge in [0.15, 0.2) is 0 Å². The zero-order valence-electron chi connectivity index (χ0n) is 53.2. The van der Waals surface area contributed by atoms with Crippen molar-refractivity contribution in [3.8, 4) is 5.75 Å². The summed E-state index contributed by atoms with van der Waals surface area (Å²) in [6.45, 7) is 1.88. The van der Waals surface area contributed by atoms with Crippen molar-refractivity contribution in [1.29, 1.82) is 0 Å². The molecule has 0 bridgehead atoms. The van der Waals surface area contributed by atoms with Gasteiger partial charge in [-0.15, -0.1) is 0 Å². The van der Waals surface area contributed by atoms with Gasteiger partial charge < -0.3 is 4.74 Å². The highest BCUT2D eigenvalue weighted by molar-refractivity contribution is 8.38. The Kier molecular flexibility index (Phi) is 38.1. The van der Waals surface area contributed by atoms with Gasteiger partial charge in [0.05, 0.1) is 17.7 Å². The third-order valence-electron chi connectivity index (χ3n) is 18.6. The number of sulfonamides is 1. The molecule has 3 aromatic carbocycles. The fraction of sp³-hybridized carbons (Fsp3) is 0.280. The summed E-state index contributed by atoms with van der Waals surface area (Å²) in [5.41, 5.74) is 2.58. The largest absolute Gasteiger partial charge is 0.497 e. The van der Waals surface area contributed by atoms with E-state index in [2.05, 4.69) is 0 Å². The zero-order valence-corrected chi connectivity index (χ0v) is 54.1. The SMILES string of the molecule is COc1ccc(CCC2CCc3ccc(F)cc3N2S(=O)(=O)c2ccc(C)cc2)c(F)c1.[B][B]B(B([B])[B])B(B(B([B])[B])B([B])[B])B(B(B(B([B])[B])B([B])[B])B(B([B])[B])B([B])[B])B(B(B(B([B])[B])B([B])[B])B(B([B])[B])B([B])[B])B(B(B([B])[B])B([B])[B])B(B([B])[B])B([B])[B]. The fourth-order valence-electron chi connectivity index (χ4n) is 14.7. The number of nitrogens with zero attached hydrogens (tertiary/aromatic N) is 1. The number of anilines is 1. The molecule has 1 heterocycles. The molecule has 351 valence electrons. The van der Waals surface area contributed by atoms with E-state index in [0.717, 1.165) is 18.2 Å². The van der Waals surface area contributed by atoms with Gasteiger partial charge in [-0.2, -0.15) is 0 Å². The second kappa shape index (κ2) is 40.2. The average Bonchev–Trinajstić information content (AvgIpc) is 0.734. The lowest BCUT2D eigenvalue weighted by molar-refractivity contribution is 0.410. The molecule has 0 saturated heterocycles. The average molecular weight is 1120 g/mol. The third-order valence-corrected chi connectivity index (χ3v) is 20.5. The molecule has 0 saturated carbocycles. The molecule has 0 N–H and O–H groups in total. The van der Waals surface area contributed by atoms with E-state index in [1.165, 1.54) is 29.6 Å². The number of aryl methyl sites for hydroxylation is 3. The summed E-state index contributed by atoms with van der Waals surface area (Å²) in [6.07, 6.45) is -39.2. The van der Waals surface area contributed by atoms with Crippen LogP contribution in [0.5, 0.6) is 5.75 Å². The first-order valence-corrected chi connectivity index (χ1v) is 32.0. The number of rotatable bonds is 35. The van der Waals surface area contributed by atoms with Crippen LogP contribution >= 0.6 is 0 Å². The summed E-state index contributed by atoms with van der Waals surface area (Å²) in [4.78, 5) is 0.154. The molecule has 93 heavy (non-hydrogen) atoms. The van der Waals surface area contributed by atoms with Gasteiger partial charge in [0.25, 0.3) is 10.0 Å². The molecular formula is C25H25B61F2NO3S. The van der Waals surface area contributed by atoms with Crippen molar-refractivity contribution in [1.82, 2.24) is 0 Å². The maximum atomic E-state index is 14.5. The normalized spacial score (nSPS) is 11.9. The molecule has 1 aliphatic rings. The van der Waals surface area contributed by atoms with Gasteiger partial charge >= 0.3 is 0 Å². The lowest BCUT2D eigenvalue weighted by Crippen LogP contribution is -2.97. The van der Waals surface area contributed by atoms with Gasteiger partial charge in [-0.05, 0) is 74.1 Å². The van der Waals surface area contributed by atoms with Crippen LogP contribution in [0.25, 0.3) is 0 Å². The molecular weight excluding hydrogens is 1090 g/mol. The third kappa shape index (κ3) is 23.0. The summed E-state index contributed by atoms with van der Waals surface area (Å²) in [6, 6.07) is 15.1. The van der Waals surface area contributed by atoms with Crippen LogP contribution in [0, 0.1) is 18.6 Å². The number of hydrogen-bond donors (Lipinski definition) is 0. The van der Waals surface area contributed by atoms with Crippen LogP contribution in [0.1, 0.15) is 29.5 Å². The second-order valence-corrected chi connectivity index (χ2v) is 26.8. The Balaban J connectivity index is 0.000000582. The minimum atomic E-state index is -3.93. The van der Waals surface area contributed by atoms with Crippen LogP contribution < -0.4 is 9.04 Å². The van der Waals surface area contributed by atoms with Crippen molar-refractivity contribution >= 4 is 448 Å². The van der Waals surface area contributed by atoms with E-state index in [1.54, 1.807) is 42.5 Å². The first kappa shape index (κ1) is 88.2. The molecule has 1 atom stereocenters. The molecule has 3 aromatic rings. The summed E-state index contributed by atoms with van der Waals surface area (Å²) in [7, 11) is 203. The zero-order chi connectivity index (χ0) is 71.3. The Labute approximate surface area is 614 Å². The monoisotopic (exact) mass is 1130 g/mol. The van der Waals surface area contributed by atoms with E-state index in [-0.39, 0.29) is 10.7 Å². The maximum absolute atomic E-state index is 14.5. The quantitative estimate of drug-likeness (QED) is 0.0552. The molecule has 0 spiro atoms. The van der Waals surface area contributed by atoms with Gasteiger partial charge in [-0.25, -0.2) is 17.2 Å².